The van der Waals surface area contributed by atoms with Crippen LogP contribution in [0.2, 0.25) is 0 Å². The maximum atomic E-state index is 4.23. The van der Waals surface area contributed by atoms with Gasteiger partial charge in [0.1, 0.15) is 0 Å². The van der Waals surface area contributed by atoms with E-state index < -0.39 is 0 Å². The average molecular weight is 305 g/mol. The van der Waals surface area contributed by atoms with E-state index in [1.54, 1.807) is 0 Å². The van der Waals surface area contributed by atoms with E-state index in [0.29, 0.717) is 0 Å². The summed E-state index contributed by atoms with van der Waals surface area (Å²) in [4.78, 5) is 0. The van der Waals surface area contributed by atoms with Crippen molar-refractivity contribution in [3.63, 3.8) is 0 Å². The largest absolute Gasteiger partial charge is 0.0958 e. The molecular weight excluding hydrogens is 264 g/mol. The Morgan fingerprint density at radius 2 is 1.41 bits per heavy atom. The Hall–Kier alpha value is -0.780. The van der Waals surface area contributed by atoms with Crippen molar-refractivity contribution >= 4 is 0 Å². The Balaban J connectivity index is 4.15. The first-order chi connectivity index (χ1) is 10.7. The normalized spacial score (nSPS) is 12.5. The zero-order chi connectivity index (χ0) is 16.6. The molecule has 0 radical (unpaired) electrons. The highest BCUT2D eigenvalue weighted by Gasteiger charge is 2.09. The summed E-state index contributed by atoms with van der Waals surface area (Å²) >= 11 is 0. The van der Waals surface area contributed by atoms with Crippen molar-refractivity contribution in [3.05, 3.63) is 36.0 Å². The Morgan fingerprint density at radius 1 is 0.818 bits per heavy atom. The molecule has 0 atom stereocenters. The predicted molar refractivity (Wildman–Crippen MR) is 103 cm³/mol. The first kappa shape index (κ1) is 21.2. The van der Waals surface area contributed by atoms with Crippen molar-refractivity contribution in [2.24, 2.45) is 5.92 Å². The number of rotatable bonds is 14. The van der Waals surface area contributed by atoms with Gasteiger partial charge in [0.05, 0.1) is 0 Å². The first-order valence-electron chi connectivity index (χ1n) is 9.71. The molecule has 0 bridgehead atoms. The summed E-state index contributed by atoms with van der Waals surface area (Å²) in [5, 5.41) is 0. The zero-order valence-electron chi connectivity index (χ0n) is 15.8. The van der Waals surface area contributed by atoms with E-state index in [1.807, 2.05) is 0 Å². The molecule has 0 N–H and O–H groups in total. The van der Waals surface area contributed by atoms with Crippen molar-refractivity contribution in [2.75, 3.05) is 0 Å². The van der Waals surface area contributed by atoms with E-state index in [9.17, 15) is 0 Å². The molecule has 0 aliphatic rings. The molecule has 0 aliphatic carbocycles. The van der Waals surface area contributed by atoms with Crippen molar-refractivity contribution in [1.82, 2.24) is 0 Å². The molecule has 0 amide bonds. The van der Waals surface area contributed by atoms with Crippen LogP contribution in [0.1, 0.15) is 98.3 Å². The lowest BCUT2D eigenvalue weighted by Crippen LogP contribution is -2.02. The molecule has 0 aromatic carbocycles. The molecule has 128 valence electrons. The molecule has 0 nitrogen and oxygen atoms in total. The fourth-order valence-corrected chi connectivity index (χ4v) is 3.07. The Morgan fingerprint density at radius 3 is 1.95 bits per heavy atom. The lowest BCUT2D eigenvalue weighted by molar-refractivity contribution is 0.512. The summed E-state index contributed by atoms with van der Waals surface area (Å²) in [5.41, 5.74) is 2.80. The summed E-state index contributed by atoms with van der Waals surface area (Å²) in [6, 6.07) is 0. The van der Waals surface area contributed by atoms with Crippen LogP contribution < -0.4 is 0 Å². The summed E-state index contributed by atoms with van der Waals surface area (Å²) in [5.74, 6) is 0.734. The summed E-state index contributed by atoms with van der Waals surface area (Å²) in [6.45, 7) is 13.3. The third kappa shape index (κ3) is 10.9. The third-order valence-corrected chi connectivity index (χ3v) is 4.44. The predicted octanol–water partition coefficient (Wildman–Crippen LogP) is 8.01. The highest BCUT2D eigenvalue weighted by molar-refractivity contribution is 5.27. The van der Waals surface area contributed by atoms with Crippen LogP contribution in [0.4, 0.5) is 0 Å². The van der Waals surface area contributed by atoms with Gasteiger partial charge in [-0.1, -0.05) is 96.1 Å². The van der Waals surface area contributed by atoms with Gasteiger partial charge in [-0.15, -0.1) is 0 Å². The van der Waals surface area contributed by atoms with E-state index >= 15 is 0 Å². The topological polar surface area (TPSA) is 0 Å². The van der Waals surface area contributed by atoms with Crippen LogP contribution in [0.25, 0.3) is 0 Å². The maximum Gasteiger partial charge on any atom is -0.0165 e. The van der Waals surface area contributed by atoms with Gasteiger partial charge >= 0.3 is 0 Å². The molecule has 0 aromatic heterocycles. The molecule has 0 saturated carbocycles. The van der Waals surface area contributed by atoms with Gasteiger partial charge in [0, 0.05) is 0 Å². The minimum Gasteiger partial charge on any atom is -0.0958 e. The fraction of sp³-hybridized carbons (Fsp3) is 0.727. The first-order valence-corrected chi connectivity index (χ1v) is 9.71. The highest BCUT2D eigenvalue weighted by Crippen LogP contribution is 2.24. The van der Waals surface area contributed by atoms with E-state index in [-0.39, 0.29) is 0 Å². The average Bonchev–Trinajstić information content (AvgIpc) is 2.51. The standard InChI is InChI=1S/C22H40/c1-6-10-11-12-13-14-17-20(5)18-19-21(9-4)22(15-7-2)16-8-3/h9,18-19,22H,5-8,10-17H2,1-4H3/b19-18-,21-9+. The smallest absolute Gasteiger partial charge is 0.0165 e. The van der Waals surface area contributed by atoms with Gasteiger partial charge in [0.25, 0.3) is 0 Å². The van der Waals surface area contributed by atoms with Crippen LogP contribution in [0.3, 0.4) is 0 Å². The van der Waals surface area contributed by atoms with Gasteiger partial charge in [-0.25, -0.2) is 0 Å². The monoisotopic (exact) mass is 304 g/mol. The Kier molecular flexibility index (Phi) is 14.6. The summed E-state index contributed by atoms with van der Waals surface area (Å²) < 4.78 is 0. The molecule has 0 heterocycles. The van der Waals surface area contributed by atoms with Gasteiger partial charge in [-0.3, -0.25) is 0 Å². The molecule has 0 rings (SSSR count). The van der Waals surface area contributed by atoms with Gasteiger partial charge in [-0.05, 0) is 44.1 Å². The number of unbranched alkanes of at least 4 members (excludes halogenated alkanes) is 5. The lowest BCUT2D eigenvalue weighted by atomic mass is 9.89. The lowest BCUT2D eigenvalue weighted by Gasteiger charge is -2.16. The van der Waals surface area contributed by atoms with E-state index in [4.69, 9.17) is 0 Å². The van der Waals surface area contributed by atoms with Crippen molar-refractivity contribution in [1.29, 1.82) is 0 Å². The Bertz CT molecular complexity index is 313. The Labute approximate surface area is 140 Å². The van der Waals surface area contributed by atoms with Gasteiger partial charge in [0.2, 0.25) is 0 Å². The summed E-state index contributed by atoms with van der Waals surface area (Å²) in [6.07, 6.45) is 21.4. The molecular formula is C22H40. The molecule has 0 fully saturated rings. The van der Waals surface area contributed by atoms with Crippen molar-refractivity contribution in [3.8, 4) is 0 Å². The second kappa shape index (κ2) is 15.1. The van der Waals surface area contributed by atoms with E-state index in [1.165, 1.54) is 75.4 Å². The fourth-order valence-electron chi connectivity index (χ4n) is 3.07. The molecule has 0 aromatic rings. The van der Waals surface area contributed by atoms with E-state index in [2.05, 4.69) is 52.5 Å². The van der Waals surface area contributed by atoms with Crippen LogP contribution >= 0.6 is 0 Å². The maximum absolute atomic E-state index is 4.23. The molecule has 22 heavy (non-hydrogen) atoms. The van der Waals surface area contributed by atoms with Crippen LogP contribution in [0, 0.1) is 5.92 Å². The van der Waals surface area contributed by atoms with Gasteiger partial charge in [-0.2, -0.15) is 0 Å². The molecule has 0 saturated heterocycles. The molecule has 0 unspecified atom stereocenters. The SMILES string of the molecule is C=C(/C=C\C(=C/C)C(CCC)CCC)CCCCCCCC. The molecule has 0 spiro atoms. The minimum absolute atomic E-state index is 0.734. The number of hydrogen-bond donors (Lipinski definition) is 0. The second-order valence-corrected chi connectivity index (χ2v) is 6.57. The highest BCUT2D eigenvalue weighted by atomic mass is 14.1. The van der Waals surface area contributed by atoms with Crippen LogP contribution in [0.5, 0.6) is 0 Å². The van der Waals surface area contributed by atoms with Gasteiger partial charge in [0.15, 0.2) is 0 Å². The van der Waals surface area contributed by atoms with Crippen molar-refractivity contribution in [2.45, 2.75) is 98.3 Å². The van der Waals surface area contributed by atoms with Crippen molar-refractivity contribution < 1.29 is 0 Å². The quantitative estimate of drug-likeness (QED) is 0.225. The molecule has 0 heteroatoms. The number of hydrogen-bond acceptors (Lipinski definition) is 0. The van der Waals surface area contributed by atoms with Crippen LogP contribution in [0.15, 0.2) is 36.0 Å². The zero-order valence-corrected chi connectivity index (χ0v) is 15.8. The second-order valence-electron chi connectivity index (χ2n) is 6.57. The number of allylic oxidation sites excluding steroid dienone is 5. The third-order valence-electron chi connectivity index (χ3n) is 4.44. The van der Waals surface area contributed by atoms with Gasteiger partial charge < -0.3 is 0 Å². The van der Waals surface area contributed by atoms with Crippen LogP contribution in [-0.2, 0) is 0 Å². The van der Waals surface area contributed by atoms with Crippen LogP contribution in [-0.4, -0.2) is 0 Å². The van der Waals surface area contributed by atoms with E-state index in [0.717, 1.165) is 12.3 Å². The minimum atomic E-state index is 0.734. The molecule has 0 aliphatic heterocycles. The summed E-state index contributed by atoms with van der Waals surface area (Å²) in [7, 11) is 0.